The van der Waals surface area contributed by atoms with Crippen molar-refractivity contribution < 1.29 is 4.79 Å². The molecule has 1 fully saturated rings. The van der Waals surface area contributed by atoms with E-state index in [-0.39, 0.29) is 5.78 Å². The lowest BCUT2D eigenvalue weighted by molar-refractivity contribution is 0.103. The summed E-state index contributed by atoms with van der Waals surface area (Å²) in [7, 11) is 0. The minimum absolute atomic E-state index is 0.163. The van der Waals surface area contributed by atoms with Gasteiger partial charge >= 0.3 is 0 Å². The number of benzene rings is 1. The third-order valence-corrected chi connectivity index (χ3v) is 5.25. The standard InChI is InChI=1S/C20H20BrN5O/c21-15-5-3-4-14(10-15)12-26-9-8-18(25-26)19(27)17-11-22-13-23-20(17)24-16-6-1-2-7-16/h3-5,8-11,13,16H,1-2,6-7,12H2,(H,22,23,24). The number of hydrogen-bond acceptors (Lipinski definition) is 5. The molecular formula is C20H20BrN5O. The van der Waals surface area contributed by atoms with E-state index in [9.17, 15) is 4.79 Å². The van der Waals surface area contributed by atoms with Crippen LogP contribution in [0.3, 0.4) is 0 Å². The molecule has 2 aromatic heterocycles. The van der Waals surface area contributed by atoms with E-state index in [1.807, 2.05) is 30.5 Å². The van der Waals surface area contributed by atoms with Crippen LogP contribution in [0.1, 0.15) is 47.3 Å². The molecule has 0 aliphatic heterocycles. The summed E-state index contributed by atoms with van der Waals surface area (Å²) in [6, 6.07) is 10.2. The summed E-state index contributed by atoms with van der Waals surface area (Å²) < 4.78 is 2.79. The fourth-order valence-corrected chi connectivity index (χ4v) is 3.85. The van der Waals surface area contributed by atoms with Crippen LogP contribution >= 0.6 is 15.9 Å². The van der Waals surface area contributed by atoms with Crippen molar-refractivity contribution in [3.05, 3.63) is 70.3 Å². The Morgan fingerprint density at radius 2 is 2.11 bits per heavy atom. The second-order valence-electron chi connectivity index (χ2n) is 6.77. The van der Waals surface area contributed by atoms with Crippen molar-refractivity contribution in [1.82, 2.24) is 19.7 Å². The first-order chi connectivity index (χ1) is 13.2. The Morgan fingerprint density at radius 3 is 2.93 bits per heavy atom. The van der Waals surface area contributed by atoms with Crippen LogP contribution in [0.2, 0.25) is 0 Å². The monoisotopic (exact) mass is 425 g/mol. The molecule has 2 heterocycles. The number of carbonyl (C=O) groups is 1. The number of rotatable bonds is 6. The summed E-state index contributed by atoms with van der Waals surface area (Å²) in [4.78, 5) is 21.3. The largest absolute Gasteiger partial charge is 0.367 e. The molecule has 6 nitrogen and oxygen atoms in total. The second kappa shape index (κ2) is 8.00. The minimum Gasteiger partial charge on any atom is -0.367 e. The zero-order valence-corrected chi connectivity index (χ0v) is 16.4. The molecule has 1 aliphatic carbocycles. The van der Waals surface area contributed by atoms with Crippen molar-refractivity contribution in [2.24, 2.45) is 0 Å². The summed E-state index contributed by atoms with van der Waals surface area (Å²) in [5.41, 5.74) is 1.98. The maximum absolute atomic E-state index is 13.0. The summed E-state index contributed by atoms with van der Waals surface area (Å²) in [6.07, 6.45) is 9.51. The van der Waals surface area contributed by atoms with Crippen molar-refractivity contribution >= 4 is 27.5 Å². The lowest BCUT2D eigenvalue weighted by atomic mass is 10.1. The Balaban J connectivity index is 1.52. The van der Waals surface area contributed by atoms with Gasteiger partial charge in [-0.3, -0.25) is 9.48 Å². The van der Waals surface area contributed by atoms with Gasteiger partial charge in [0, 0.05) is 22.9 Å². The second-order valence-corrected chi connectivity index (χ2v) is 7.68. The summed E-state index contributed by atoms with van der Waals surface area (Å²) in [6.45, 7) is 0.602. The van der Waals surface area contributed by atoms with E-state index in [1.54, 1.807) is 16.9 Å². The van der Waals surface area contributed by atoms with Crippen molar-refractivity contribution in [2.75, 3.05) is 5.32 Å². The van der Waals surface area contributed by atoms with Crippen molar-refractivity contribution in [2.45, 2.75) is 38.3 Å². The average molecular weight is 426 g/mol. The third kappa shape index (κ3) is 4.24. The van der Waals surface area contributed by atoms with Gasteiger partial charge < -0.3 is 5.32 Å². The molecule has 1 saturated carbocycles. The highest BCUT2D eigenvalue weighted by molar-refractivity contribution is 9.10. The molecule has 1 N–H and O–H groups in total. The molecule has 138 valence electrons. The molecule has 0 unspecified atom stereocenters. The zero-order chi connectivity index (χ0) is 18.6. The van der Waals surface area contributed by atoms with E-state index in [2.05, 4.69) is 36.3 Å². The number of anilines is 1. The van der Waals surface area contributed by atoms with E-state index in [0.717, 1.165) is 22.9 Å². The van der Waals surface area contributed by atoms with Gasteiger partial charge in [-0.05, 0) is 36.6 Å². The first kappa shape index (κ1) is 17.9. The van der Waals surface area contributed by atoms with Crippen LogP contribution in [0.4, 0.5) is 5.82 Å². The Labute approximate surface area is 166 Å². The van der Waals surface area contributed by atoms with Gasteiger partial charge in [-0.15, -0.1) is 0 Å². The van der Waals surface area contributed by atoms with Gasteiger partial charge in [0.2, 0.25) is 5.78 Å². The number of nitrogens with zero attached hydrogens (tertiary/aromatic N) is 4. The number of hydrogen-bond donors (Lipinski definition) is 1. The molecule has 1 aliphatic rings. The van der Waals surface area contributed by atoms with Gasteiger partial charge in [-0.2, -0.15) is 5.10 Å². The Kier molecular flexibility index (Phi) is 5.29. The summed E-state index contributed by atoms with van der Waals surface area (Å²) >= 11 is 3.47. The Bertz CT molecular complexity index is 949. The van der Waals surface area contributed by atoms with Crippen molar-refractivity contribution in [3.63, 3.8) is 0 Å². The molecule has 1 aromatic carbocycles. The van der Waals surface area contributed by atoms with Crippen LogP contribution in [-0.4, -0.2) is 31.6 Å². The van der Waals surface area contributed by atoms with Gasteiger partial charge in [0.15, 0.2) is 0 Å². The fourth-order valence-electron chi connectivity index (χ4n) is 3.41. The average Bonchev–Trinajstić information content (AvgIpc) is 3.34. The molecule has 0 spiro atoms. The maximum atomic E-state index is 13.0. The highest BCUT2D eigenvalue weighted by Gasteiger charge is 2.21. The van der Waals surface area contributed by atoms with Crippen LogP contribution in [-0.2, 0) is 6.54 Å². The first-order valence-electron chi connectivity index (χ1n) is 9.08. The number of nitrogens with one attached hydrogen (secondary N) is 1. The molecule has 27 heavy (non-hydrogen) atoms. The lowest BCUT2D eigenvalue weighted by Crippen LogP contribution is -2.19. The molecule has 7 heteroatoms. The molecular weight excluding hydrogens is 406 g/mol. The van der Waals surface area contributed by atoms with Crippen LogP contribution in [0.5, 0.6) is 0 Å². The Morgan fingerprint density at radius 1 is 1.26 bits per heavy atom. The van der Waals surface area contributed by atoms with E-state index in [1.165, 1.54) is 19.2 Å². The van der Waals surface area contributed by atoms with Gasteiger partial charge in [-0.25, -0.2) is 9.97 Å². The number of carbonyl (C=O) groups excluding carboxylic acids is 1. The van der Waals surface area contributed by atoms with E-state index >= 15 is 0 Å². The zero-order valence-electron chi connectivity index (χ0n) is 14.8. The highest BCUT2D eigenvalue weighted by Crippen LogP contribution is 2.24. The third-order valence-electron chi connectivity index (χ3n) is 4.76. The minimum atomic E-state index is -0.163. The fraction of sp³-hybridized carbons (Fsp3) is 0.300. The smallest absolute Gasteiger partial charge is 0.218 e. The number of aromatic nitrogens is 4. The molecule has 0 radical (unpaired) electrons. The normalized spacial score (nSPS) is 14.4. The SMILES string of the molecule is O=C(c1ccn(Cc2cccc(Br)c2)n1)c1cncnc1NC1CCCC1. The first-order valence-corrected chi connectivity index (χ1v) is 9.87. The number of halogens is 1. The van der Waals surface area contributed by atoms with Gasteiger partial charge in [0.05, 0.1) is 12.1 Å². The van der Waals surface area contributed by atoms with Gasteiger partial charge in [0.1, 0.15) is 17.8 Å². The number of ketones is 1. The quantitative estimate of drug-likeness (QED) is 0.602. The van der Waals surface area contributed by atoms with E-state index < -0.39 is 0 Å². The van der Waals surface area contributed by atoms with Crippen LogP contribution < -0.4 is 5.32 Å². The van der Waals surface area contributed by atoms with E-state index in [4.69, 9.17) is 0 Å². The maximum Gasteiger partial charge on any atom is 0.218 e. The molecule has 4 rings (SSSR count). The Hall–Kier alpha value is -2.54. The van der Waals surface area contributed by atoms with Crippen LogP contribution in [0, 0.1) is 0 Å². The molecule has 3 aromatic rings. The molecule has 0 saturated heterocycles. The van der Waals surface area contributed by atoms with Gasteiger partial charge in [-0.1, -0.05) is 40.9 Å². The highest BCUT2D eigenvalue weighted by atomic mass is 79.9. The van der Waals surface area contributed by atoms with Crippen molar-refractivity contribution in [1.29, 1.82) is 0 Å². The van der Waals surface area contributed by atoms with Crippen molar-refractivity contribution in [3.8, 4) is 0 Å². The summed E-state index contributed by atoms with van der Waals surface area (Å²) in [5.74, 6) is 0.438. The van der Waals surface area contributed by atoms with E-state index in [0.29, 0.717) is 29.7 Å². The summed E-state index contributed by atoms with van der Waals surface area (Å²) in [5, 5.41) is 7.85. The predicted molar refractivity (Wildman–Crippen MR) is 107 cm³/mol. The molecule has 0 amide bonds. The lowest BCUT2D eigenvalue weighted by Gasteiger charge is -2.14. The van der Waals surface area contributed by atoms with Crippen LogP contribution in [0.25, 0.3) is 0 Å². The molecule has 0 atom stereocenters. The molecule has 0 bridgehead atoms. The predicted octanol–water partition coefficient (Wildman–Crippen LogP) is 4.07. The van der Waals surface area contributed by atoms with Crippen LogP contribution in [0.15, 0.2) is 53.5 Å². The van der Waals surface area contributed by atoms with Gasteiger partial charge in [0.25, 0.3) is 0 Å². The topological polar surface area (TPSA) is 72.7 Å².